The first-order chi connectivity index (χ1) is 18.9. The van der Waals surface area contributed by atoms with Crippen LogP contribution in [0.3, 0.4) is 0 Å². The summed E-state index contributed by atoms with van der Waals surface area (Å²) in [6, 6.07) is 9.49. The third-order valence-corrected chi connectivity index (χ3v) is 9.62. The maximum Gasteiger partial charge on any atom is 0.280 e. The Bertz CT molecular complexity index is 1450. The van der Waals surface area contributed by atoms with Gasteiger partial charge in [0, 0.05) is 24.7 Å². The molecule has 2 aromatic heterocycles. The predicted molar refractivity (Wildman–Crippen MR) is 146 cm³/mol. The molecular weight excluding hydrogens is 544 g/mol. The van der Waals surface area contributed by atoms with Crippen molar-refractivity contribution >= 4 is 48.3 Å². The van der Waals surface area contributed by atoms with Crippen LogP contribution in [0.5, 0.6) is 5.88 Å². The van der Waals surface area contributed by atoms with Gasteiger partial charge in [0.05, 0.1) is 22.9 Å². The van der Waals surface area contributed by atoms with Gasteiger partial charge in [0.1, 0.15) is 23.1 Å². The van der Waals surface area contributed by atoms with Gasteiger partial charge in [-0.05, 0) is 50.8 Å². The monoisotopic (exact) mass is 574 g/mol. The normalized spacial score (nSPS) is 19.8. The molecule has 0 bridgehead atoms. The Labute approximate surface area is 230 Å². The molecule has 208 valence electrons. The van der Waals surface area contributed by atoms with Crippen LogP contribution in [0.1, 0.15) is 44.6 Å². The first-order valence-electron chi connectivity index (χ1n) is 12.9. The highest BCUT2D eigenvalue weighted by Crippen LogP contribution is 2.33. The van der Waals surface area contributed by atoms with E-state index in [4.69, 9.17) is 19.4 Å². The van der Waals surface area contributed by atoms with E-state index in [1.165, 1.54) is 12.1 Å². The number of aliphatic hydroxyl groups excluding tert-OH is 1. The van der Waals surface area contributed by atoms with Crippen molar-refractivity contribution in [1.29, 1.82) is 0 Å². The average molecular weight is 575 g/mol. The fourth-order valence-electron chi connectivity index (χ4n) is 4.35. The SMILES string of the molecule is CCO[C@@H]1CC[C@@H](ON=C(C(=O)Nc2nc3ccc(OCCO)nc3s2)c2ccc(S(=O)(=O)C3CC3)cc2)C1. The highest BCUT2D eigenvalue weighted by Gasteiger charge is 2.37. The van der Waals surface area contributed by atoms with Gasteiger partial charge >= 0.3 is 0 Å². The van der Waals surface area contributed by atoms with Crippen molar-refractivity contribution in [2.24, 2.45) is 5.16 Å². The fraction of sp³-hybridized carbons (Fsp3) is 0.462. The standard InChI is InChI=1S/C26H30N4O7S2/c1-2-35-17-5-6-18(15-17)37-30-23(16-3-7-19(8-4-16)39(33,34)20-9-10-20)24(32)29-26-27-21-11-12-22(36-14-13-31)28-25(21)38-26/h3-4,7-8,11-12,17-18,20,31H,2,5-6,9-10,13-15H2,1H3,(H,27,29,32)/t17-,18-/m1/s1. The molecule has 0 radical (unpaired) electrons. The number of aliphatic hydroxyl groups is 1. The first kappa shape index (κ1) is 27.4. The maximum atomic E-state index is 13.4. The van der Waals surface area contributed by atoms with Crippen LogP contribution < -0.4 is 10.1 Å². The minimum absolute atomic E-state index is 0.00409. The molecular formula is C26H30N4O7S2. The number of hydrogen-bond acceptors (Lipinski definition) is 11. The second-order valence-corrected chi connectivity index (χ2v) is 12.6. The van der Waals surface area contributed by atoms with Crippen LogP contribution in [-0.4, -0.2) is 72.4 Å². The van der Waals surface area contributed by atoms with Crippen LogP contribution in [-0.2, 0) is 24.2 Å². The van der Waals surface area contributed by atoms with Crippen LogP contribution in [0.15, 0.2) is 46.4 Å². The van der Waals surface area contributed by atoms with Crippen molar-refractivity contribution in [2.45, 2.75) is 61.4 Å². The zero-order valence-corrected chi connectivity index (χ0v) is 23.0. The number of anilines is 1. The molecule has 0 spiro atoms. The minimum atomic E-state index is -3.36. The van der Waals surface area contributed by atoms with E-state index in [1.807, 2.05) is 6.92 Å². The maximum absolute atomic E-state index is 13.4. The van der Waals surface area contributed by atoms with Crippen LogP contribution in [0.2, 0.25) is 0 Å². The second-order valence-electron chi connectivity index (χ2n) is 9.35. The number of benzene rings is 1. The van der Waals surface area contributed by atoms with E-state index in [9.17, 15) is 13.2 Å². The summed E-state index contributed by atoms with van der Waals surface area (Å²) in [5, 5.41) is 15.9. The van der Waals surface area contributed by atoms with Crippen molar-refractivity contribution < 1.29 is 32.6 Å². The summed E-state index contributed by atoms with van der Waals surface area (Å²) in [6.45, 7) is 2.56. The van der Waals surface area contributed by atoms with Gasteiger partial charge in [-0.15, -0.1) is 0 Å². The third kappa shape index (κ3) is 6.55. The second kappa shape index (κ2) is 11.9. The number of thiazole rings is 1. The lowest BCUT2D eigenvalue weighted by atomic mass is 10.1. The Hall–Kier alpha value is -3.13. The molecule has 39 heavy (non-hydrogen) atoms. The predicted octanol–water partition coefficient (Wildman–Crippen LogP) is 3.32. The minimum Gasteiger partial charge on any atom is -0.475 e. The number of aromatic nitrogens is 2. The van der Waals surface area contributed by atoms with Gasteiger partial charge in [-0.3, -0.25) is 10.1 Å². The average Bonchev–Trinajstić information content (AvgIpc) is 3.59. The lowest BCUT2D eigenvalue weighted by Gasteiger charge is -2.12. The van der Waals surface area contributed by atoms with E-state index in [0.717, 1.165) is 24.2 Å². The van der Waals surface area contributed by atoms with Crippen LogP contribution in [0, 0.1) is 0 Å². The summed E-state index contributed by atoms with van der Waals surface area (Å²) in [7, 11) is -3.36. The molecule has 0 aliphatic heterocycles. The molecule has 3 aromatic rings. The van der Waals surface area contributed by atoms with Crippen molar-refractivity contribution in [2.75, 3.05) is 25.1 Å². The van der Waals surface area contributed by atoms with Gasteiger partial charge in [0.25, 0.3) is 5.91 Å². The molecule has 2 fully saturated rings. The zero-order chi connectivity index (χ0) is 27.4. The van der Waals surface area contributed by atoms with Gasteiger partial charge < -0.3 is 19.4 Å². The number of nitrogens with zero attached hydrogens (tertiary/aromatic N) is 3. The van der Waals surface area contributed by atoms with Crippen LogP contribution in [0.25, 0.3) is 10.3 Å². The van der Waals surface area contributed by atoms with E-state index in [2.05, 4.69) is 20.4 Å². The number of oxime groups is 1. The number of rotatable bonds is 12. The number of fused-ring (bicyclic) bond motifs is 1. The Morgan fingerprint density at radius 2 is 1.87 bits per heavy atom. The summed E-state index contributed by atoms with van der Waals surface area (Å²) in [4.78, 5) is 28.7. The number of carbonyl (C=O) groups is 1. The van der Waals surface area contributed by atoms with Gasteiger partial charge in [-0.25, -0.2) is 18.4 Å². The lowest BCUT2D eigenvalue weighted by Crippen LogP contribution is -2.25. The van der Waals surface area contributed by atoms with Gasteiger partial charge in [-0.1, -0.05) is 28.6 Å². The quantitative estimate of drug-likeness (QED) is 0.245. The number of amides is 1. The number of ether oxygens (including phenoxy) is 2. The highest BCUT2D eigenvalue weighted by molar-refractivity contribution is 7.92. The van der Waals surface area contributed by atoms with E-state index in [0.29, 0.717) is 52.8 Å². The number of nitrogens with one attached hydrogen (secondary N) is 1. The van der Waals surface area contributed by atoms with E-state index in [1.54, 1.807) is 24.3 Å². The summed E-state index contributed by atoms with van der Waals surface area (Å²) in [6.07, 6.45) is 3.53. The number of carbonyl (C=O) groups excluding carboxylic acids is 1. The largest absolute Gasteiger partial charge is 0.475 e. The summed E-state index contributed by atoms with van der Waals surface area (Å²) >= 11 is 1.16. The molecule has 2 aliphatic rings. The molecule has 0 saturated heterocycles. The highest BCUT2D eigenvalue weighted by atomic mass is 32.2. The van der Waals surface area contributed by atoms with Crippen molar-refractivity contribution in [3.63, 3.8) is 0 Å². The van der Waals surface area contributed by atoms with E-state index in [-0.39, 0.29) is 41.3 Å². The zero-order valence-electron chi connectivity index (χ0n) is 21.4. The Morgan fingerprint density at radius 1 is 1.10 bits per heavy atom. The van der Waals surface area contributed by atoms with Crippen molar-refractivity contribution in [3.05, 3.63) is 42.0 Å². The smallest absolute Gasteiger partial charge is 0.280 e. The number of hydrogen-bond donors (Lipinski definition) is 2. The topological polar surface area (TPSA) is 149 Å². The van der Waals surface area contributed by atoms with Gasteiger partial charge in [0.15, 0.2) is 20.7 Å². The molecule has 2 N–H and O–H groups in total. The molecule has 2 atom stereocenters. The molecule has 2 heterocycles. The summed E-state index contributed by atoms with van der Waals surface area (Å²) < 4.78 is 36.3. The van der Waals surface area contributed by atoms with E-state index < -0.39 is 15.7 Å². The summed E-state index contributed by atoms with van der Waals surface area (Å²) in [5.41, 5.74) is 0.994. The molecule has 13 heteroatoms. The molecule has 2 aliphatic carbocycles. The molecule has 0 unspecified atom stereocenters. The molecule has 5 rings (SSSR count). The van der Waals surface area contributed by atoms with Crippen molar-refractivity contribution in [3.8, 4) is 5.88 Å². The van der Waals surface area contributed by atoms with Gasteiger partial charge in [-0.2, -0.15) is 0 Å². The Balaban J connectivity index is 1.37. The molecule has 11 nitrogen and oxygen atoms in total. The number of sulfone groups is 1. The first-order valence-corrected chi connectivity index (χ1v) is 15.3. The molecule has 1 aromatic carbocycles. The lowest BCUT2D eigenvalue weighted by molar-refractivity contribution is -0.110. The fourth-order valence-corrected chi connectivity index (χ4v) is 6.83. The third-order valence-electron chi connectivity index (χ3n) is 6.46. The Morgan fingerprint density at radius 3 is 2.59 bits per heavy atom. The molecule has 1 amide bonds. The van der Waals surface area contributed by atoms with Crippen LogP contribution in [0.4, 0.5) is 5.13 Å². The summed E-state index contributed by atoms with van der Waals surface area (Å²) in [5.74, 6) is -0.208. The van der Waals surface area contributed by atoms with Crippen LogP contribution >= 0.6 is 11.3 Å². The Kier molecular flexibility index (Phi) is 8.40. The molecule has 2 saturated carbocycles. The van der Waals surface area contributed by atoms with Crippen molar-refractivity contribution in [1.82, 2.24) is 9.97 Å². The number of pyridine rings is 1. The van der Waals surface area contributed by atoms with Gasteiger partial charge in [0.2, 0.25) is 5.88 Å². The van der Waals surface area contributed by atoms with E-state index >= 15 is 0 Å².